The fourth-order valence-corrected chi connectivity index (χ4v) is 5.50. The van der Waals surface area contributed by atoms with Gasteiger partial charge in [-0.15, -0.1) is 11.3 Å². The maximum atomic E-state index is 14.3. The van der Waals surface area contributed by atoms with Crippen LogP contribution in [0.3, 0.4) is 0 Å². The standard InChI is InChI=1S/C26H25FN2O2S/c1-17-6-2-3-7-19(17)25-21-13-15-32-23(21)12-14-28(25)24(30)16-29(18-10-11-18)26(31)20-8-4-5-9-22(20)27/h2-9,13,15,18,25H,10-12,14,16H2,1H3. The van der Waals surface area contributed by atoms with Gasteiger partial charge >= 0.3 is 0 Å². The SMILES string of the molecule is Cc1ccccc1C1c2ccsc2CCN1C(=O)CN(C(=O)c1ccccc1F)C1CC1. The van der Waals surface area contributed by atoms with Gasteiger partial charge in [0.15, 0.2) is 0 Å². The second kappa shape index (κ2) is 8.51. The Morgan fingerprint density at radius 3 is 2.56 bits per heavy atom. The number of halogens is 1. The topological polar surface area (TPSA) is 40.6 Å². The second-order valence-electron chi connectivity index (χ2n) is 8.54. The zero-order valence-corrected chi connectivity index (χ0v) is 18.8. The molecule has 2 aromatic carbocycles. The third kappa shape index (κ3) is 3.84. The van der Waals surface area contributed by atoms with Crippen molar-refractivity contribution in [2.45, 2.75) is 38.3 Å². The van der Waals surface area contributed by atoms with E-state index in [1.165, 1.54) is 22.6 Å². The molecular formula is C26H25FN2O2S. The van der Waals surface area contributed by atoms with Gasteiger partial charge in [0, 0.05) is 17.5 Å². The lowest BCUT2D eigenvalue weighted by Gasteiger charge is -2.38. The van der Waals surface area contributed by atoms with Gasteiger partial charge in [-0.25, -0.2) is 4.39 Å². The zero-order chi connectivity index (χ0) is 22.2. The van der Waals surface area contributed by atoms with E-state index < -0.39 is 11.7 Å². The van der Waals surface area contributed by atoms with E-state index in [1.54, 1.807) is 28.4 Å². The zero-order valence-electron chi connectivity index (χ0n) is 18.0. The van der Waals surface area contributed by atoms with Crippen LogP contribution in [-0.4, -0.2) is 40.7 Å². The number of amides is 2. The maximum absolute atomic E-state index is 14.3. The molecular weight excluding hydrogens is 423 g/mol. The minimum atomic E-state index is -0.547. The Hall–Kier alpha value is -2.99. The number of carbonyl (C=O) groups is 2. The van der Waals surface area contributed by atoms with Gasteiger partial charge in [0.25, 0.3) is 5.91 Å². The highest BCUT2D eigenvalue weighted by Crippen LogP contribution is 2.39. The van der Waals surface area contributed by atoms with Gasteiger partial charge in [0.1, 0.15) is 12.4 Å². The van der Waals surface area contributed by atoms with E-state index in [9.17, 15) is 14.0 Å². The number of benzene rings is 2. The van der Waals surface area contributed by atoms with Crippen LogP contribution < -0.4 is 0 Å². The molecule has 1 unspecified atom stereocenters. The molecule has 6 heteroatoms. The highest BCUT2D eigenvalue weighted by molar-refractivity contribution is 7.10. The average molecular weight is 449 g/mol. The summed E-state index contributed by atoms with van der Waals surface area (Å²) in [6.45, 7) is 2.65. The van der Waals surface area contributed by atoms with E-state index in [-0.39, 0.29) is 30.1 Å². The lowest BCUT2D eigenvalue weighted by molar-refractivity contribution is -0.134. The molecule has 2 aliphatic rings. The van der Waals surface area contributed by atoms with Crippen LogP contribution in [0.1, 0.15) is 50.8 Å². The maximum Gasteiger partial charge on any atom is 0.257 e. The molecule has 164 valence electrons. The third-order valence-corrected chi connectivity index (χ3v) is 7.42. The van der Waals surface area contributed by atoms with Crippen molar-refractivity contribution in [1.82, 2.24) is 9.80 Å². The molecule has 0 radical (unpaired) electrons. The average Bonchev–Trinajstić information content (AvgIpc) is 3.53. The Balaban J connectivity index is 1.45. The van der Waals surface area contributed by atoms with Gasteiger partial charge < -0.3 is 9.80 Å². The number of aryl methyl sites for hydroxylation is 1. The van der Waals surface area contributed by atoms with Crippen molar-refractivity contribution >= 4 is 23.2 Å². The minimum absolute atomic E-state index is 0.00414. The lowest BCUT2D eigenvalue weighted by atomic mass is 9.90. The number of rotatable bonds is 5. The molecule has 3 aromatic rings. The Morgan fingerprint density at radius 1 is 1.06 bits per heavy atom. The van der Waals surface area contributed by atoms with Crippen LogP contribution in [-0.2, 0) is 11.2 Å². The molecule has 0 saturated heterocycles. The summed E-state index contributed by atoms with van der Waals surface area (Å²) in [4.78, 5) is 31.6. The van der Waals surface area contributed by atoms with Gasteiger partial charge in [0.05, 0.1) is 11.6 Å². The molecule has 1 atom stereocenters. The van der Waals surface area contributed by atoms with Gasteiger partial charge in [-0.05, 0) is 66.5 Å². The summed E-state index contributed by atoms with van der Waals surface area (Å²) in [5.41, 5.74) is 3.44. The van der Waals surface area contributed by atoms with Crippen molar-refractivity contribution in [1.29, 1.82) is 0 Å². The molecule has 0 bridgehead atoms. The minimum Gasteiger partial charge on any atom is -0.330 e. The van der Waals surface area contributed by atoms with E-state index in [4.69, 9.17) is 0 Å². The predicted octanol–water partition coefficient (Wildman–Crippen LogP) is 4.97. The smallest absolute Gasteiger partial charge is 0.257 e. The molecule has 1 aromatic heterocycles. The molecule has 4 nitrogen and oxygen atoms in total. The van der Waals surface area contributed by atoms with Crippen LogP contribution in [0.4, 0.5) is 4.39 Å². The van der Waals surface area contributed by atoms with Gasteiger partial charge in [-0.3, -0.25) is 9.59 Å². The van der Waals surface area contributed by atoms with Gasteiger partial charge in [-0.1, -0.05) is 36.4 Å². The summed E-state index contributed by atoms with van der Waals surface area (Å²) in [5, 5.41) is 2.09. The third-order valence-electron chi connectivity index (χ3n) is 6.43. The van der Waals surface area contributed by atoms with Crippen molar-refractivity contribution in [3.05, 3.63) is 92.9 Å². The normalized spacial score (nSPS) is 17.7. The van der Waals surface area contributed by atoms with Crippen molar-refractivity contribution in [3.63, 3.8) is 0 Å². The number of carbonyl (C=O) groups excluding carboxylic acids is 2. The summed E-state index contributed by atoms with van der Waals surface area (Å²) in [5.74, 6) is -1.04. The Morgan fingerprint density at radius 2 is 1.81 bits per heavy atom. The molecule has 32 heavy (non-hydrogen) atoms. The summed E-state index contributed by atoms with van der Waals surface area (Å²) in [6, 6.07) is 16.1. The second-order valence-corrected chi connectivity index (χ2v) is 9.54. The quantitative estimate of drug-likeness (QED) is 0.553. The molecule has 0 spiro atoms. The van der Waals surface area contributed by atoms with Crippen LogP contribution in [0.2, 0.25) is 0 Å². The number of hydrogen-bond donors (Lipinski definition) is 0. The summed E-state index contributed by atoms with van der Waals surface area (Å²) in [6.07, 6.45) is 2.51. The number of fused-ring (bicyclic) bond motifs is 1. The molecule has 2 amide bonds. The Kier molecular flexibility index (Phi) is 5.55. The summed E-state index contributed by atoms with van der Waals surface area (Å²) in [7, 11) is 0. The molecule has 1 aliphatic carbocycles. The molecule has 0 N–H and O–H groups in total. The lowest BCUT2D eigenvalue weighted by Crippen LogP contribution is -2.47. The number of thiophene rings is 1. The van der Waals surface area contributed by atoms with Crippen molar-refractivity contribution in [3.8, 4) is 0 Å². The van der Waals surface area contributed by atoms with Crippen LogP contribution in [0.25, 0.3) is 0 Å². The Bertz CT molecular complexity index is 1170. The first kappa shape index (κ1) is 20.9. The monoisotopic (exact) mass is 448 g/mol. The predicted molar refractivity (Wildman–Crippen MR) is 123 cm³/mol. The van der Waals surface area contributed by atoms with E-state index >= 15 is 0 Å². The fraction of sp³-hybridized carbons (Fsp3) is 0.308. The number of nitrogens with zero attached hydrogens (tertiary/aromatic N) is 2. The van der Waals surface area contributed by atoms with Crippen LogP contribution in [0, 0.1) is 12.7 Å². The number of hydrogen-bond acceptors (Lipinski definition) is 3. The summed E-state index contributed by atoms with van der Waals surface area (Å²) < 4.78 is 14.3. The molecule has 1 aliphatic heterocycles. The van der Waals surface area contributed by atoms with Crippen molar-refractivity contribution in [2.24, 2.45) is 0 Å². The highest BCUT2D eigenvalue weighted by Gasteiger charge is 2.39. The van der Waals surface area contributed by atoms with E-state index in [1.807, 2.05) is 17.0 Å². The van der Waals surface area contributed by atoms with Crippen LogP contribution in [0.5, 0.6) is 0 Å². The van der Waals surface area contributed by atoms with E-state index in [0.29, 0.717) is 6.54 Å². The Labute approximate surface area is 191 Å². The largest absolute Gasteiger partial charge is 0.330 e. The molecule has 5 rings (SSSR count). The van der Waals surface area contributed by atoms with Crippen molar-refractivity contribution in [2.75, 3.05) is 13.1 Å². The molecule has 2 heterocycles. The van der Waals surface area contributed by atoms with Gasteiger partial charge in [-0.2, -0.15) is 0 Å². The van der Waals surface area contributed by atoms with E-state index in [0.717, 1.165) is 30.4 Å². The summed E-state index contributed by atoms with van der Waals surface area (Å²) >= 11 is 1.73. The van der Waals surface area contributed by atoms with Crippen LogP contribution >= 0.6 is 11.3 Å². The first-order valence-electron chi connectivity index (χ1n) is 11.0. The van der Waals surface area contributed by atoms with Gasteiger partial charge in [0.2, 0.25) is 5.91 Å². The molecule has 1 saturated carbocycles. The highest BCUT2D eigenvalue weighted by atomic mass is 32.1. The first-order chi connectivity index (χ1) is 15.5. The fourth-order valence-electron chi connectivity index (χ4n) is 4.59. The molecule has 1 fully saturated rings. The van der Waals surface area contributed by atoms with E-state index in [2.05, 4.69) is 30.5 Å². The van der Waals surface area contributed by atoms with Crippen LogP contribution in [0.15, 0.2) is 60.0 Å². The first-order valence-corrected chi connectivity index (χ1v) is 11.9. The van der Waals surface area contributed by atoms with Crippen molar-refractivity contribution < 1.29 is 14.0 Å².